The van der Waals surface area contributed by atoms with Crippen LogP contribution in [0.4, 0.5) is 5.69 Å². The summed E-state index contributed by atoms with van der Waals surface area (Å²) in [7, 11) is 1.57. The molecule has 1 saturated carbocycles. The number of aromatic nitrogens is 1. The third kappa shape index (κ3) is 5.21. The lowest BCUT2D eigenvalue weighted by molar-refractivity contribution is -0.123. The number of nitriles is 1. The summed E-state index contributed by atoms with van der Waals surface area (Å²) >= 11 is 0. The van der Waals surface area contributed by atoms with Gasteiger partial charge in [-0.15, -0.1) is 0 Å². The lowest BCUT2D eigenvalue weighted by atomic mass is 9.91. The van der Waals surface area contributed by atoms with Crippen molar-refractivity contribution in [3.05, 3.63) is 59.3 Å². The Bertz CT molecular complexity index is 1430. The number of benzene rings is 2. The fourth-order valence-corrected chi connectivity index (χ4v) is 5.24. The molecule has 0 radical (unpaired) electrons. The van der Waals surface area contributed by atoms with Crippen molar-refractivity contribution in [3.8, 4) is 11.8 Å². The summed E-state index contributed by atoms with van der Waals surface area (Å²) in [5, 5.41) is 19.1. The summed E-state index contributed by atoms with van der Waals surface area (Å²) in [6, 6.07) is 13.6. The first-order valence-corrected chi connectivity index (χ1v) is 12.9. The molecule has 0 saturated heterocycles. The zero-order valence-corrected chi connectivity index (χ0v) is 21.5. The molecule has 196 valence electrons. The average molecular weight is 514 g/mol. The molecule has 1 aliphatic carbocycles. The van der Waals surface area contributed by atoms with E-state index in [1.54, 1.807) is 13.2 Å². The van der Waals surface area contributed by atoms with E-state index >= 15 is 0 Å². The topological polar surface area (TPSA) is 136 Å². The average Bonchev–Trinajstić information content (AvgIpc) is 3.51. The van der Waals surface area contributed by atoms with Crippen LogP contribution in [0.5, 0.6) is 5.75 Å². The van der Waals surface area contributed by atoms with E-state index < -0.39 is 23.9 Å². The molecule has 1 aromatic heterocycles. The van der Waals surface area contributed by atoms with Crippen molar-refractivity contribution in [2.24, 2.45) is 5.92 Å². The van der Waals surface area contributed by atoms with Gasteiger partial charge in [0.2, 0.25) is 11.8 Å². The third-order valence-electron chi connectivity index (χ3n) is 7.44. The van der Waals surface area contributed by atoms with Crippen molar-refractivity contribution >= 4 is 34.3 Å². The molecule has 38 heavy (non-hydrogen) atoms. The molecule has 3 amide bonds. The molecule has 9 heteroatoms. The van der Waals surface area contributed by atoms with Gasteiger partial charge < -0.3 is 25.7 Å². The number of methoxy groups -OCH3 is 1. The van der Waals surface area contributed by atoms with Crippen molar-refractivity contribution < 1.29 is 19.1 Å². The third-order valence-corrected chi connectivity index (χ3v) is 7.44. The number of fused-ring (bicyclic) bond motifs is 2. The maximum absolute atomic E-state index is 13.2. The van der Waals surface area contributed by atoms with Crippen molar-refractivity contribution in [2.45, 2.75) is 57.0 Å². The van der Waals surface area contributed by atoms with Crippen LogP contribution in [0.25, 0.3) is 10.9 Å². The van der Waals surface area contributed by atoms with E-state index in [1.807, 2.05) is 43.3 Å². The second kappa shape index (κ2) is 10.6. The summed E-state index contributed by atoms with van der Waals surface area (Å²) in [6.45, 7) is 1.96. The van der Waals surface area contributed by atoms with Crippen molar-refractivity contribution in [3.63, 3.8) is 0 Å². The van der Waals surface area contributed by atoms with Crippen LogP contribution >= 0.6 is 0 Å². The standard InChI is InChI=1S/C29H31N5O4/c1-16-5-3-7-22-26(16)19(27(35)33-22)12-11-18(15-30)31-28(36)23(13-17-9-10-17)34-29(37)24-14-20-21(32-24)6-4-8-25(20)38-2/h3-8,14,17-19,23,32H,9-13H2,1-2H3,(H,31,36)(H,33,35)(H,34,37)/t18-,19?,23-/m0/s1. The lowest BCUT2D eigenvalue weighted by Gasteiger charge is -2.21. The van der Waals surface area contributed by atoms with Crippen LogP contribution in [-0.4, -0.2) is 41.9 Å². The Balaban J connectivity index is 1.24. The fraction of sp³-hybridized carbons (Fsp3) is 0.379. The molecular weight excluding hydrogens is 482 g/mol. The van der Waals surface area contributed by atoms with E-state index in [4.69, 9.17) is 4.74 Å². The normalized spacial score (nSPS) is 17.7. The number of nitrogens with zero attached hydrogens (tertiary/aromatic N) is 1. The number of hydrogen-bond acceptors (Lipinski definition) is 5. The minimum absolute atomic E-state index is 0.0915. The number of carbonyl (C=O) groups excluding carboxylic acids is 3. The minimum Gasteiger partial charge on any atom is -0.496 e. The van der Waals surface area contributed by atoms with Gasteiger partial charge in [-0.25, -0.2) is 0 Å². The lowest BCUT2D eigenvalue weighted by Crippen LogP contribution is -2.49. The number of carbonyl (C=O) groups is 3. The number of amides is 3. The summed E-state index contributed by atoms with van der Waals surface area (Å²) in [4.78, 5) is 42.0. The van der Waals surface area contributed by atoms with Crippen LogP contribution in [0.1, 0.15) is 59.6 Å². The zero-order valence-electron chi connectivity index (χ0n) is 21.5. The van der Waals surface area contributed by atoms with E-state index in [0.717, 1.165) is 40.6 Å². The van der Waals surface area contributed by atoms with Crippen LogP contribution in [0.3, 0.4) is 0 Å². The monoisotopic (exact) mass is 513 g/mol. The van der Waals surface area contributed by atoms with Gasteiger partial charge in [0.25, 0.3) is 5.91 Å². The molecule has 1 unspecified atom stereocenters. The summed E-state index contributed by atoms with van der Waals surface area (Å²) < 4.78 is 5.38. The van der Waals surface area contributed by atoms with Gasteiger partial charge >= 0.3 is 0 Å². The highest BCUT2D eigenvalue weighted by atomic mass is 16.5. The molecule has 2 aromatic carbocycles. The molecule has 2 aliphatic rings. The molecule has 2 heterocycles. The van der Waals surface area contributed by atoms with E-state index in [-0.39, 0.29) is 11.8 Å². The molecule has 5 rings (SSSR count). The first kappa shape index (κ1) is 25.3. The van der Waals surface area contributed by atoms with Crippen LogP contribution < -0.4 is 20.7 Å². The Hall–Kier alpha value is -4.32. The SMILES string of the molecule is COc1cccc2[nH]c(C(=O)N[C@@H](CC3CC3)C(=O)N[C@H](C#N)CCC3C(=O)Nc4cccc(C)c43)cc12. The Morgan fingerprint density at radius 3 is 2.71 bits per heavy atom. The van der Waals surface area contributed by atoms with Crippen LogP contribution in [0.15, 0.2) is 42.5 Å². The largest absolute Gasteiger partial charge is 0.496 e. The summed E-state index contributed by atoms with van der Waals surface area (Å²) in [5.74, 6) is -0.219. The minimum atomic E-state index is -0.778. The molecule has 9 nitrogen and oxygen atoms in total. The number of anilines is 1. The molecule has 3 atom stereocenters. The van der Waals surface area contributed by atoms with Crippen LogP contribution in [0.2, 0.25) is 0 Å². The molecule has 0 spiro atoms. The van der Waals surface area contributed by atoms with E-state index in [1.165, 1.54) is 0 Å². The van der Waals surface area contributed by atoms with Crippen LogP contribution in [-0.2, 0) is 9.59 Å². The van der Waals surface area contributed by atoms with Gasteiger partial charge in [-0.2, -0.15) is 5.26 Å². The summed E-state index contributed by atoms with van der Waals surface area (Å²) in [5.41, 5.74) is 3.87. The molecule has 4 N–H and O–H groups in total. The predicted molar refractivity (Wildman–Crippen MR) is 143 cm³/mol. The van der Waals surface area contributed by atoms with Gasteiger partial charge in [0.15, 0.2) is 0 Å². The molecule has 1 fully saturated rings. The Labute approximate surface area is 220 Å². The molecular formula is C29H31N5O4. The number of ether oxygens (including phenoxy) is 1. The van der Waals surface area contributed by atoms with Crippen LogP contribution in [0, 0.1) is 24.2 Å². The molecule has 3 aromatic rings. The highest BCUT2D eigenvalue weighted by Crippen LogP contribution is 2.38. The quantitative estimate of drug-likeness (QED) is 0.326. The van der Waals surface area contributed by atoms with Gasteiger partial charge in [-0.1, -0.05) is 31.0 Å². The van der Waals surface area contributed by atoms with Crippen molar-refractivity contribution in [1.82, 2.24) is 15.6 Å². The molecule has 1 aliphatic heterocycles. The van der Waals surface area contributed by atoms with Gasteiger partial charge in [0.05, 0.1) is 19.1 Å². The maximum Gasteiger partial charge on any atom is 0.268 e. The number of hydrogen-bond donors (Lipinski definition) is 4. The van der Waals surface area contributed by atoms with E-state index in [9.17, 15) is 19.6 Å². The van der Waals surface area contributed by atoms with Crippen molar-refractivity contribution in [2.75, 3.05) is 12.4 Å². The maximum atomic E-state index is 13.2. The first-order chi connectivity index (χ1) is 18.4. The van der Waals surface area contributed by atoms with E-state index in [0.29, 0.717) is 36.6 Å². The fourth-order valence-electron chi connectivity index (χ4n) is 5.24. The van der Waals surface area contributed by atoms with Gasteiger partial charge in [0, 0.05) is 16.6 Å². The predicted octanol–water partition coefficient (Wildman–Crippen LogP) is 3.91. The molecule has 0 bridgehead atoms. The highest BCUT2D eigenvalue weighted by molar-refractivity contribution is 6.03. The number of rotatable bonds is 10. The Kier molecular flexibility index (Phi) is 7.05. The number of H-pyrrole nitrogens is 1. The van der Waals surface area contributed by atoms with Gasteiger partial charge in [0.1, 0.15) is 23.5 Å². The second-order valence-corrected chi connectivity index (χ2v) is 10.2. The zero-order chi connectivity index (χ0) is 26.8. The number of aromatic amines is 1. The number of aryl methyl sites for hydroxylation is 1. The summed E-state index contributed by atoms with van der Waals surface area (Å²) in [6.07, 6.45) is 3.29. The highest BCUT2D eigenvalue weighted by Gasteiger charge is 2.34. The van der Waals surface area contributed by atoms with Crippen molar-refractivity contribution in [1.29, 1.82) is 5.26 Å². The van der Waals surface area contributed by atoms with Gasteiger partial charge in [-0.05, 0) is 67.5 Å². The smallest absolute Gasteiger partial charge is 0.268 e. The number of nitrogens with one attached hydrogen (secondary N) is 4. The first-order valence-electron chi connectivity index (χ1n) is 12.9. The Morgan fingerprint density at radius 1 is 1.18 bits per heavy atom. The van der Waals surface area contributed by atoms with Gasteiger partial charge in [-0.3, -0.25) is 14.4 Å². The van der Waals surface area contributed by atoms with E-state index in [2.05, 4.69) is 27.0 Å². The Morgan fingerprint density at radius 2 is 1.97 bits per heavy atom. The second-order valence-electron chi connectivity index (χ2n) is 10.2.